The maximum atomic E-state index is 10.4. The van der Waals surface area contributed by atoms with E-state index in [2.05, 4.69) is 0 Å². The van der Waals surface area contributed by atoms with Gasteiger partial charge in [-0.25, -0.2) is 4.79 Å². The summed E-state index contributed by atoms with van der Waals surface area (Å²) in [6.07, 6.45) is -2.71. The van der Waals surface area contributed by atoms with Crippen molar-refractivity contribution in [2.24, 2.45) is 0 Å². The molecule has 0 aromatic rings. The van der Waals surface area contributed by atoms with Gasteiger partial charge in [-0.3, -0.25) is 0 Å². The molecule has 72 valence electrons. The van der Waals surface area contributed by atoms with E-state index in [1.807, 2.05) is 0 Å². The molecule has 0 saturated carbocycles. The predicted octanol–water partition coefficient (Wildman–Crippen LogP) is -1.05. The van der Waals surface area contributed by atoms with E-state index in [1.54, 1.807) is 6.92 Å². The Morgan fingerprint density at radius 3 is 2.17 bits per heavy atom. The summed E-state index contributed by atoms with van der Waals surface area (Å²) in [6.45, 7) is 2.52. The first-order chi connectivity index (χ1) is 5.34. The summed E-state index contributed by atoms with van der Waals surface area (Å²) >= 11 is 0. The van der Waals surface area contributed by atoms with E-state index in [0.717, 1.165) is 6.92 Å². The third-order valence-electron chi connectivity index (χ3n) is 1.79. The Bertz CT molecular complexity index is 165. The fourth-order valence-corrected chi connectivity index (χ4v) is 0.724. The highest BCUT2D eigenvalue weighted by Crippen LogP contribution is 2.15. The number of aliphatic hydroxyl groups is 3. The third kappa shape index (κ3) is 2.17. The van der Waals surface area contributed by atoms with Gasteiger partial charge in [0.2, 0.25) is 0 Å². The molecule has 0 aliphatic rings. The summed E-state index contributed by atoms with van der Waals surface area (Å²) in [6, 6.07) is 0. The van der Waals surface area contributed by atoms with Crippen LogP contribution < -0.4 is 0 Å². The smallest absolute Gasteiger partial charge is 0.338 e. The van der Waals surface area contributed by atoms with Gasteiger partial charge in [0.15, 0.2) is 5.60 Å². The van der Waals surface area contributed by atoms with Crippen LogP contribution in [0, 0.1) is 0 Å². The first-order valence-corrected chi connectivity index (χ1v) is 3.66. The SMILES string of the molecule is CCC(O)C(O)C(C)(O)C(=O)O. The van der Waals surface area contributed by atoms with E-state index in [0.29, 0.717) is 0 Å². The van der Waals surface area contributed by atoms with Crippen molar-refractivity contribution in [3.05, 3.63) is 0 Å². The Hall–Kier alpha value is -0.650. The second kappa shape index (κ2) is 3.84. The van der Waals surface area contributed by atoms with Gasteiger partial charge in [0, 0.05) is 0 Å². The van der Waals surface area contributed by atoms with Crippen molar-refractivity contribution in [3.8, 4) is 0 Å². The van der Waals surface area contributed by atoms with E-state index in [4.69, 9.17) is 20.4 Å². The molecule has 0 aromatic carbocycles. The summed E-state index contributed by atoms with van der Waals surface area (Å²) < 4.78 is 0. The zero-order chi connectivity index (χ0) is 9.94. The Morgan fingerprint density at radius 1 is 1.50 bits per heavy atom. The molecule has 0 aliphatic heterocycles. The summed E-state index contributed by atoms with van der Waals surface area (Å²) in [5.74, 6) is -1.55. The van der Waals surface area contributed by atoms with E-state index in [9.17, 15) is 4.79 Å². The molecule has 0 heterocycles. The van der Waals surface area contributed by atoms with Crippen LogP contribution in [0.2, 0.25) is 0 Å². The lowest BCUT2D eigenvalue weighted by molar-refractivity contribution is -0.177. The maximum absolute atomic E-state index is 10.4. The van der Waals surface area contributed by atoms with Gasteiger partial charge in [0.05, 0.1) is 6.10 Å². The Kier molecular flexibility index (Phi) is 3.63. The molecule has 0 fully saturated rings. The average Bonchev–Trinajstić information content (AvgIpc) is 2.01. The van der Waals surface area contributed by atoms with Crippen molar-refractivity contribution in [3.63, 3.8) is 0 Å². The second-order valence-corrected chi connectivity index (χ2v) is 2.87. The number of carboxylic acid groups (broad SMARTS) is 1. The molecule has 3 atom stereocenters. The van der Waals surface area contributed by atoms with E-state index in [1.165, 1.54) is 0 Å². The first kappa shape index (κ1) is 11.4. The van der Waals surface area contributed by atoms with Crippen LogP contribution in [0.25, 0.3) is 0 Å². The van der Waals surface area contributed by atoms with Gasteiger partial charge < -0.3 is 20.4 Å². The molecular weight excluding hydrogens is 164 g/mol. The van der Waals surface area contributed by atoms with Gasteiger partial charge >= 0.3 is 5.97 Å². The van der Waals surface area contributed by atoms with Gasteiger partial charge in [0.1, 0.15) is 6.10 Å². The first-order valence-electron chi connectivity index (χ1n) is 3.66. The number of aliphatic hydroxyl groups excluding tert-OH is 2. The molecule has 4 N–H and O–H groups in total. The van der Waals surface area contributed by atoms with Crippen molar-refractivity contribution in [1.29, 1.82) is 0 Å². The zero-order valence-electron chi connectivity index (χ0n) is 7.06. The average molecular weight is 178 g/mol. The Morgan fingerprint density at radius 2 is 1.92 bits per heavy atom. The summed E-state index contributed by atoms with van der Waals surface area (Å²) in [7, 11) is 0. The van der Waals surface area contributed by atoms with Crippen LogP contribution >= 0.6 is 0 Å². The van der Waals surface area contributed by atoms with Gasteiger partial charge in [-0.05, 0) is 13.3 Å². The monoisotopic (exact) mass is 178 g/mol. The number of hydrogen-bond donors (Lipinski definition) is 4. The van der Waals surface area contributed by atoms with Crippen molar-refractivity contribution in [1.82, 2.24) is 0 Å². The number of hydrogen-bond acceptors (Lipinski definition) is 4. The summed E-state index contributed by atoms with van der Waals surface area (Å²) in [4.78, 5) is 10.4. The predicted molar refractivity (Wildman–Crippen MR) is 40.6 cm³/mol. The normalized spacial score (nSPS) is 21.1. The van der Waals surface area contributed by atoms with Crippen LogP contribution in [0.1, 0.15) is 20.3 Å². The maximum Gasteiger partial charge on any atom is 0.338 e. The minimum Gasteiger partial charge on any atom is -0.479 e. The number of carbonyl (C=O) groups is 1. The molecule has 0 spiro atoms. The van der Waals surface area contributed by atoms with Crippen LogP contribution in [0.15, 0.2) is 0 Å². The van der Waals surface area contributed by atoms with Crippen LogP contribution in [0.3, 0.4) is 0 Å². The topological polar surface area (TPSA) is 98.0 Å². The molecular formula is C7H14O5. The van der Waals surface area contributed by atoms with Crippen LogP contribution in [0.4, 0.5) is 0 Å². The van der Waals surface area contributed by atoms with Crippen molar-refractivity contribution >= 4 is 5.97 Å². The highest BCUT2D eigenvalue weighted by Gasteiger charge is 2.41. The zero-order valence-corrected chi connectivity index (χ0v) is 7.06. The minimum atomic E-state index is -2.30. The lowest BCUT2D eigenvalue weighted by atomic mass is 9.94. The second-order valence-electron chi connectivity index (χ2n) is 2.87. The molecule has 0 rings (SSSR count). The number of carboxylic acids is 1. The molecule has 0 bridgehead atoms. The number of rotatable bonds is 4. The van der Waals surface area contributed by atoms with Crippen LogP contribution in [-0.2, 0) is 4.79 Å². The van der Waals surface area contributed by atoms with E-state index >= 15 is 0 Å². The quantitative estimate of drug-likeness (QED) is 0.440. The lowest BCUT2D eigenvalue weighted by Gasteiger charge is -2.27. The van der Waals surface area contributed by atoms with E-state index < -0.39 is 23.8 Å². The number of aliphatic carboxylic acids is 1. The molecule has 0 saturated heterocycles. The molecule has 0 aliphatic carbocycles. The molecule has 12 heavy (non-hydrogen) atoms. The molecule has 3 unspecified atom stereocenters. The molecule has 0 radical (unpaired) electrons. The Balaban J connectivity index is 4.44. The fraction of sp³-hybridized carbons (Fsp3) is 0.857. The standard InChI is InChI=1S/C7H14O5/c1-3-4(8)5(9)7(2,12)6(10)11/h4-5,8-9,12H,3H2,1-2H3,(H,10,11). The van der Waals surface area contributed by atoms with Crippen molar-refractivity contribution in [2.45, 2.75) is 38.1 Å². The molecule has 5 heteroatoms. The third-order valence-corrected chi connectivity index (χ3v) is 1.79. The molecule has 0 aromatic heterocycles. The van der Waals surface area contributed by atoms with Crippen LogP contribution in [-0.4, -0.2) is 44.2 Å². The molecule has 0 amide bonds. The largest absolute Gasteiger partial charge is 0.479 e. The lowest BCUT2D eigenvalue weighted by Crippen LogP contribution is -2.52. The summed E-state index contributed by atoms with van der Waals surface area (Å²) in [5, 5.41) is 35.8. The van der Waals surface area contributed by atoms with Crippen molar-refractivity contribution in [2.75, 3.05) is 0 Å². The van der Waals surface area contributed by atoms with Gasteiger partial charge in [-0.1, -0.05) is 6.92 Å². The van der Waals surface area contributed by atoms with Gasteiger partial charge in [-0.15, -0.1) is 0 Å². The fourth-order valence-electron chi connectivity index (χ4n) is 0.724. The van der Waals surface area contributed by atoms with E-state index in [-0.39, 0.29) is 6.42 Å². The van der Waals surface area contributed by atoms with Crippen LogP contribution in [0.5, 0.6) is 0 Å². The minimum absolute atomic E-state index is 0.185. The molecule has 5 nitrogen and oxygen atoms in total. The van der Waals surface area contributed by atoms with Crippen molar-refractivity contribution < 1.29 is 25.2 Å². The highest BCUT2D eigenvalue weighted by atomic mass is 16.4. The highest BCUT2D eigenvalue weighted by molar-refractivity contribution is 5.77. The van der Waals surface area contributed by atoms with Gasteiger partial charge in [0.25, 0.3) is 0 Å². The summed E-state index contributed by atoms with van der Waals surface area (Å²) in [5.41, 5.74) is -2.30. The van der Waals surface area contributed by atoms with Gasteiger partial charge in [-0.2, -0.15) is 0 Å². The Labute approximate surface area is 70.3 Å².